The number of carbonyl (C=O) groups is 2. The van der Waals surface area contributed by atoms with Crippen LogP contribution in [0.5, 0.6) is 0 Å². The van der Waals surface area contributed by atoms with Crippen LogP contribution in [0.1, 0.15) is 26.7 Å². The van der Waals surface area contributed by atoms with Gasteiger partial charge in [0.2, 0.25) is 5.95 Å². The number of amides is 2. The van der Waals surface area contributed by atoms with Gasteiger partial charge in [-0.25, -0.2) is 9.97 Å². The summed E-state index contributed by atoms with van der Waals surface area (Å²) in [5.74, 6) is -0.806. The minimum Gasteiger partial charge on any atom is -0.384 e. The van der Waals surface area contributed by atoms with Gasteiger partial charge in [0, 0.05) is 18.4 Å². The third kappa shape index (κ3) is 4.78. The predicted molar refractivity (Wildman–Crippen MR) is 99.4 cm³/mol. The molecular formula is C18H22N6O4. The van der Waals surface area contributed by atoms with E-state index in [9.17, 15) is 14.7 Å². The van der Waals surface area contributed by atoms with Gasteiger partial charge in [-0.3, -0.25) is 14.6 Å². The van der Waals surface area contributed by atoms with Crippen molar-refractivity contribution in [3.8, 4) is 0 Å². The van der Waals surface area contributed by atoms with E-state index in [1.165, 1.54) is 17.2 Å². The number of carbonyl (C=O) groups excluding carboxylic acids is 2. The fourth-order valence-corrected chi connectivity index (χ4v) is 2.89. The Kier molecular flexibility index (Phi) is 5.81. The minimum absolute atomic E-state index is 0.00677. The number of nitrogens with zero attached hydrogens (tertiary/aromatic N) is 4. The fraction of sp³-hybridized carbons (Fsp3) is 0.389. The summed E-state index contributed by atoms with van der Waals surface area (Å²) < 4.78 is 5.44. The van der Waals surface area contributed by atoms with Crippen molar-refractivity contribution in [1.29, 1.82) is 0 Å². The third-order valence-corrected chi connectivity index (χ3v) is 4.21. The van der Waals surface area contributed by atoms with E-state index in [0.717, 1.165) is 0 Å². The van der Waals surface area contributed by atoms with Gasteiger partial charge in [-0.1, -0.05) is 6.07 Å². The molecule has 0 aromatic carbocycles. The van der Waals surface area contributed by atoms with Gasteiger partial charge >= 0.3 is 0 Å². The lowest BCUT2D eigenvalue weighted by Gasteiger charge is -2.30. The molecular weight excluding hydrogens is 364 g/mol. The summed E-state index contributed by atoms with van der Waals surface area (Å²) in [7, 11) is 0. The van der Waals surface area contributed by atoms with Crippen molar-refractivity contribution < 1.29 is 19.4 Å². The van der Waals surface area contributed by atoms with E-state index in [1.807, 2.05) is 0 Å². The molecule has 2 aromatic heterocycles. The standard InChI is InChI=1S/C18H22N6O4/c1-12-8-14(23-17(19)22-12)16(26)24-6-7-28-11-18(27,10-24)9-21-15(25)13-4-2-3-5-20-13/h2-5,8,27H,6-7,9-11H2,1H3,(H,21,25)(H2,19,22,23). The quantitative estimate of drug-likeness (QED) is 0.632. The highest BCUT2D eigenvalue weighted by Crippen LogP contribution is 2.15. The predicted octanol–water partition coefficient (Wildman–Crippen LogP) is -0.604. The largest absolute Gasteiger partial charge is 0.384 e. The number of nitrogens with two attached hydrogens (primary N) is 1. The van der Waals surface area contributed by atoms with Crippen LogP contribution in [0.25, 0.3) is 0 Å². The van der Waals surface area contributed by atoms with Crippen LogP contribution in [-0.4, -0.2) is 75.2 Å². The molecule has 10 heteroatoms. The molecule has 4 N–H and O–H groups in total. The molecule has 1 atom stereocenters. The molecule has 0 spiro atoms. The molecule has 148 valence electrons. The van der Waals surface area contributed by atoms with Crippen molar-refractivity contribution in [1.82, 2.24) is 25.2 Å². The van der Waals surface area contributed by atoms with E-state index in [1.54, 1.807) is 25.1 Å². The lowest BCUT2D eigenvalue weighted by Crippen LogP contribution is -2.53. The average molecular weight is 386 g/mol. The first-order chi connectivity index (χ1) is 13.4. The summed E-state index contributed by atoms with van der Waals surface area (Å²) in [6.45, 7) is 2.09. The highest BCUT2D eigenvalue weighted by atomic mass is 16.5. The molecule has 10 nitrogen and oxygen atoms in total. The van der Waals surface area contributed by atoms with Crippen molar-refractivity contribution >= 4 is 17.8 Å². The van der Waals surface area contributed by atoms with Crippen LogP contribution in [0.3, 0.4) is 0 Å². The van der Waals surface area contributed by atoms with Gasteiger partial charge in [0.15, 0.2) is 0 Å². The molecule has 1 aliphatic heterocycles. The monoisotopic (exact) mass is 386 g/mol. The number of nitrogens with one attached hydrogen (secondary N) is 1. The van der Waals surface area contributed by atoms with E-state index >= 15 is 0 Å². The van der Waals surface area contributed by atoms with Crippen LogP contribution < -0.4 is 11.1 Å². The summed E-state index contributed by atoms with van der Waals surface area (Å²) in [5.41, 5.74) is 5.12. The second kappa shape index (κ2) is 8.28. The van der Waals surface area contributed by atoms with Crippen LogP contribution in [0.2, 0.25) is 0 Å². The SMILES string of the molecule is Cc1cc(C(=O)N2CCOCC(O)(CNC(=O)c3ccccn3)C2)nc(N)n1. The first-order valence-electron chi connectivity index (χ1n) is 8.76. The lowest BCUT2D eigenvalue weighted by molar-refractivity contribution is -0.0324. The molecule has 3 heterocycles. The number of ether oxygens (including phenoxy) is 1. The van der Waals surface area contributed by atoms with Crippen molar-refractivity contribution in [3.63, 3.8) is 0 Å². The number of aryl methyl sites for hydroxylation is 1. The molecule has 1 fully saturated rings. The molecule has 1 unspecified atom stereocenters. The third-order valence-electron chi connectivity index (χ3n) is 4.21. The number of hydrogen-bond donors (Lipinski definition) is 3. The van der Waals surface area contributed by atoms with Gasteiger partial charge in [-0.2, -0.15) is 0 Å². The second-order valence-electron chi connectivity index (χ2n) is 6.65. The highest BCUT2D eigenvalue weighted by Gasteiger charge is 2.35. The van der Waals surface area contributed by atoms with Gasteiger partial charge in [-0.05, 0) is 25.1 Å². The van der Waals surface area contributed by atoms with Crippen LogP contribution in [0, 0.1) is 6.92 Å². The Morgan fingerprint density at radius 3 is 2.89 bits per heavy atom. The van der Waals surface area contributed by atoms with E-state index in [4.69, 9.17) is 10.5 Å². The van der Waals surface area contributed by atoms with Gasteiger partial charge in [-0.15, -0.1) is 0 Å². The minimum atomic E-state index is -1.45. The van der Waals surface area contributed by atoms with Crippen LogP contribution >= 0.6 is 0 Å². The number of pyridine rings is 1. The summed E-state index contributed by atoms with van der Waals surface area (Å²) >= 11 is 0. The Labute approximate surface area is 161 Å². The lowest BCUT2D eigenvalue weighted by atomic mass is 10.0. The topological polar surface area (TPSA) is 144 Å². The molecule has 28 heavy (non-hydrogen) atoms. The first kappa shape index (κ1) is 19.6. The summed E-state index contributed by atoms with van der Waals surface area (Å²) in [5, 5.41) is 13.6. The molecule has 2 amide bonds. The molecule has 2 aromatic rings. The van der Waals surface area contributed by atoms with Crippen LogP contribution in [-0.2, 0) is 4.74 Å². The molecule has 0 bridgehead atoms. The zero-order chi connectivity index (χ0) is 20.1. The van der Waals surface area contributed by atoms with E-state index in [0.29, 0.717) is 5.69 Å². The van der Waals surface area contributed by atoms with E-state index in [2.05, 4.69) is 20.3 Å². The maximum atomic E-state index is 12.8. The maximum absolute atomic E-state index is 12.8. The van der Waals surface area contributed by atoms with Crippen LogP contribution in [0.4, 0.5) is 5.95 Å². The highest BCUT2D eigenvalue weighted by molar-refractivity contribution is 5.93. The molecule has 3 rings (SSSR count). The molecule has 0 aliphatic carbocycles. The number of aliphatic hydroxyl groups is 1. The van der Waals surface area contributed by atoms with E-state index in [-0.39, 0.29) is 50.2 Å². The number of β-amino-alcohol motifs (C(OH)–C–C–N with tert-alkyl or cyclic N) is 1. The summed E-state index contributed by atoms with van der Waals surface area (Å²) in [6, 6.07) is 6.50. The number of hydrogen-bond acceptors (Lipinski definition) is 8. The Morgan fingerprint density at radius 2 is 2.18 bits per heavy atom. The maximum Gasteiger partial charge on any atom is 0.272 e. The van der Waals surface area contributed by atoms with Gasteiger partial charge < -0.3 is 25.8 Å². The normalized spacial score (nSPS) is 19.7. The number of rotatable bonds is 4. The fourth-order valence-electron chi connectivity index (χ4n) is 2.89. The summed E-state index contributed by atoms with van der Waals surface area (Å²) in [6.07, 6.45) is 1.51. The van der Waals surface area contributed by atoms with Gasteiger partial charge in [0.05, 0.1) is 26.3 Å². The Morgan fingerprint density at radius 1 is 1.36 bits per heavy atom. The van der Waals surface area contributed by atoms with Crippen molar-refractivity contribution in [2.24, 2.45) is 0 Å². The van der Waals surface area contributed by atoms with Gasteiger partial charge in [0.1, 0.15) is 17.0 Å². The molecule has 1 aliphatic rings. The van der Waals surface area contributed by atoms with Crippen molar-refractivity contribution in [2.45, 2.75) is 12.5 Å². The van der Waals surface area contributed by atoms with E-state index < -0.39 is 17.4 Å². The molecule has 0 radical (unpaired) electrons. The van der Waals surface area contributed by atoms with Crippen molar-refractivity contribution in [2.75, 3.05) is 38.6 Å². The molecule has 0 saturated carbocycles. The van der Waals surface area contributed by atoms with Crippen molar-refractivity contribution in [3.05, 3.63) is 47.5 Å². The zero-order valence-corrected chi connectivity index (χ0v) is 15.5. The Bertz CT molecular complexity index is 842. The van der Waals surface area contributed by atoms with Gasteiger partial charge in [0.25, 0.3) is 11.8 Å². The van der Waals surface area contributed by atoms with Crippen LogP contribution in [0.15, 0.2) is 30.5 Å². The average Bonchev–Trinajstić information content (AvgIpc) is 2.87. The molecule has 1 saturated heterocycles. The second-order valence-corrected chi connectivity index (χ2v) is 6.65. The Hall–Kier alpha value is -3.11. The zero-order valence-electron chi connectivity index (χ0n) is 15.5. The number of nitrogen functional groups attached to an aromatic ring is 1. The number of aromatic nitrogens is 3. The smallest absolute Gasteiger partial charge is 0.272 e. The number of anilines is 1. The Balaban J connectivity index is 1.70. The first-order valence-corrected chi connectivity index (χ1v) is 8.76. The summed E-state index contributed by atoms with van der Waals surface area (Å²) in [4.78, 5) is 38.3.